The topological polar surface area (TPSA) is 60.0 Å². The molecule has 1 unspecified atom stereocenters. The number of anilines is 1. The molecule has 0 radical (unpaired) electrons. The summed E-state index contributed by atoms with van der Waals surface area (Å²) < 4.78 is 40.4. The second-order valence-corrected chi connectivity index (χ2v) is 7.22. The van der Waals surface area contributed by atoms with E-state index in [1.807, 2.05) is 31.2 Å². The fourth-order valence-electron chi connectivity index (χ4n) is 3.43. The number of allylic oxidation sites excluding steroid dienone is 1. The van der Waals surface area contributed by atoms with E-state index in [-0.39, 0.29) is 11.5 Å². The number of benzene rings is 2. The Hall–Kier alpha value is -3.20. The lowest BCUT2D eigenvalue weighted by molar-refractivity contribution is -0.136. The highest BCUT2D eigenvalue weighted by atomic mass is 32.1. The van der Waals surface area contributed by atoms with E-state index in [2.05, 4.69) is 10.1 Å². The average Bonchev–Trinajstić information content (AvgIpc) is 2.73. The van der Waals surface area contributed by atoms with Crippen LogP contribution in [0.25, 0.3) is 0 Å². The molecule has 2 aromatic carbocycles. The first kappa shape index (κ1) is 22.5. The van der Waals surface area contributed by atoms with Crippen LogP contribution in [0.3, 0.4) is 0 Å². The SMILES string of the molecule is COC(=O)C1=C(C)N(c2ccc(C)cc2)C(=S)NC1c1ccc(OC)c(OC(F)F)c1. The maximum Gasteiger partial charge on any atom is 0.387 e. The summed E-state index contributed by atoms with van der Waals surface area (Å²) in [5, 5.41) is 3.48. The van der Waals surface area contributed by atoms with Crippen molar-refractivity contribution in [1.29, 1.82) is 0 Å². The van der Waals surface area contributed by atoms with Gasteiger partial charge in [0.2, 0.25) is 0 Å². The first-order valence-electron chi connectivity index (χ1n) is 9.36. The zero-order valence-corrected chi connectivity index (χ0v) is 18.3. The van der Waals surface area contributed by atoms with Gasteiger partial charge in [0.25, 0.3) is 0 Å². The van der Waals surface area contributed by atoms with Crippen LogP contribution in [0, 0.1) is 6.92 Å². The number of alkyl halides is 2. The Balaban J connectivity index is 2.11. The summed E-state index contributed by atoms with van der Waals surface area (Å²) >= 11 is 5.58. The maximum absolute atomic E-state index is 12.9. The molecule has 1 aliphatic heterocycles. The van der Waals surface area contributed by atoms with Gasteiger partial charge < -0.3 is 19.5 Å². The first-order valence-corrected chi connectivity index (χ1v) is 9.76. The fourth-order valence-corrected chi connectivity index (χ4v) is 3.79. The Labute approximate surface area is 184 Å². The number of nitrogens with zero attached hydrogens (tertiary/aromatic N) is 1. The zero-order valence-electron chi connectivity index (χ0n) is 17.4. The number of nitrogens with one attached hydrogen (secondary N) is 1. The third-order valence-corrected chi connectivity index (χ3v) is 5.22. The van der Waals surface area contributed by atoms with Crippen molar-refractivity contribution in [1.82, 2.24) is 5.32 Å². The molecule has 6 nitrogen and oxygen atoms in total. The van der Waals surface area contributed by atoms with Gasteiger partial charge in [-0.1, -0.05) is 23.8 Å². The van der Waals surface area contributed by atoms with Gasteiger partial charge in [0.1, 0.15) is 0 Å². The van der Waals surface area contributed by atoms with Gasteiger partial charge in [0, 0.05) is 11.4 Å². The summed E-state index contributed by atoms with van der Waals surface area (Å²) in [5.41, 5.74) is 3.21. The predicted molar refractivity (Wildman–Crippen MR) is 116 cm³/mol. The normalized spacial score (nSPS) is 16.3. The van der Waals surface area contributed by atoms with Crippen LogP contribution in [-0.4, -0.2) is 31.9 Å². The van der Waals surface area contributed by atoms with Crippen molar-refractivity contribution in [2.24, 2.45) is 0 Å². The molecule has 0 amide bonds. The molecule has 31 heavy (non-hydrogen) atoms. The Morgan fingerprint density at radius 2 is 1.77 bits per heavy atom. The number of methoxy groups -OCH3 is 2. The minimum atomic E-state index is -3.03. The van der Waals surface area contributed by atoms with Gasteiger partial charge in [-0.3, -0.25) is 4.90 Å². The highest BCUT2D eigenvalue weighted by molar-refractivity contribution is 7.80. The minimum absolute atomic E-state index is 0.143. The number of ether oxygens (including phenoxy) is 3. The fraction of sp³-hybridized carbons (Fsp3) is 0.273. The molecule has 0 saturated carbocycles. The highest BCUT2D eigenvalue weighted by Gasteiger charge is 2.35. The second kappa shape index (κ2) is 9.30. The van der Waals surface area contributed by atoms with E-state index in [0.29, 0.717) is 21.9 Å². The van der Waals surface area contributed by atoms with Gasteiger partial charge in [0.15, 0.2) is 16.6 Å². The molecule has 1 atom stereocenters. The zero-order chi connectivity index (χ0) is 22.7. The summed E-state index contributed by atoms with van der Waals surface area (Å²) in [6, 6.07) is 11.5. The summed E-state index contributed by atoms with van der Waals surface area (Å²) in [5.74, 6) is -0.573. The monoisotopic (exact) mass is 448 g/mol. The summed E-state index contributed by atoms with van der Waals surface area (Å²) in [4.78, 5) is 14.5. The first-order chi connectivity index (χ1) is 14.8. The quantitative estimate of drug-likeness (QED) is 0.516. The number of rotatable bonds is 6. The van der Waals surface area contributed by atoms with Crippen LogP contribution in [0.5, 0.6) is 11.5 Å². The van der Waals surface area contributed by atoms with Crippen molar-refractivity contribution >= 4 is 29.0 Å². The van der Waals surface area contributed by atoms with Crippen molar-refractivity contribution in [3.05, 3.63) is 64.9 Å². The number of hydrogen-bond acceptors (Lipinski definition) is 5. The van der Waals surface area contributed by atoms with Crippen LogP contribution in [-0.2, 0) is 9.53 Å². The second-order valence-electron chi connectivity index (χ2n) is 6.83. The molecule has 0 spiro atoms. The van der Waals surface area contributed by atoms with Crippen LogP contribution in [0.4, 0.5) is 14.5 Å². The van der Waals surface area contributed by atoms with Gasteiger partial charge in [-0.05, 0) is 55.9 Å². The molecule has 1 N–H and O–H groups in total. The smallest absolute Gasteiger partial charge is 0.387 e. The molecule has 1 aliphatic rings. The van der Waals surface area contributed by atoms with E-state index in [1.54, 1.807) is 17.9 Å². The van der Waals surface area contributed by atoms with E-state index in [4.69, 9.17) is 21.7 Å². The molecule has 0 aliphatic carbocycles. The molecule has 0 aromatic heterocycles. The van der Waals surface area contributed by atoms with Crippen LogP contribution >= 0.6 is 12.2 Å². The van der Waals surface area contributed by atoms with E-state index >= 15 is 0 Å². The van der Waals surface area contributed by atoms with Crippen LogP contribution in [0.2, 0.25) is 0 Å². The summed E-state index contributed by atoms with van der Waals surface area (Å²) in [7, 11) is 2.63. The maximum atomic E-state index is 12.9. The van der Waals surface area contributed by atoms with Crippen LogP contribution in [0.15, 0.2) is 53.7 Å². The summed E-state index contributed by atoms with van der Waals surface area (Å²) in [6.07, 6.45) is 0. The number of esters is 1. The Morgan fingerprint density at radius 3 is 2.35 bits per heavy atom. The number of hydrogen-bond donors (Lipinski definition) is 1. The lowest BCUT2D eigenvalue weighted by Gasteiger charge is -2.37. The van der Waals surface area contributed by atoms with E-state index in [1.165, 1.54) is 26.4 Å². The van der Waals surface area contributed by atoms with Crippen molar-refractivity contribution < 1.29 is 27.8 Å². The van der Waals surface area contributed by atoms with Crippen LogP contribution < -0.4 is 19.7 Å². The third kappa shape index (κ3) is 4.61. The Morgan fingerprint density at radius 1 is 1.10 bits per heavy atom. The lowest BCUT2D eigenvalue weighted by atomic mass is 9.94. The minimum Gasteiger partial charge on any atom is -0.493 e. The molecule has 1 heterocycles. The van der Waals surface area contributed by atoms with Gasteiger partial charge in [-0.2, -0.15) is 8.78 Å². The van der Waals surface area contributed by atoms with E-state index in [9.17, 15) is 13.6 Å². The molecule has 0 fully saturated rings. The van der Waals surface area contributed by atoms with E-state index < -0.39 is 18.6 Å². The Kier molecular flexibility index (Phi) is 6.74. The number of carbonyl (C=O) groups excluding carboxylic acids is 1. The van der Waals surface area contributed by atoms with Gasteiger partial charge >= 0.3 is 12.6 Å². The molecular weight excluding hydrogens is 426 g/mol. The molecule has 9 heteroatoms. The molecular formula is C22H22F2N2O4S. The van der Waals surface area contributed by atoms with Gasteiger partial charge in [-0.25, -0.2) is 4.79 Å². The standard InChI is InChI=1S/C22H22F2N2O4S/c1-12-5-8-15(9-6-12)26-13(2)18(20(27)29-4)19(25-22(26)31)14-7-10-16(28-3)17(11-14)30-21(23)24/h5-11,19,21H,1-4H3,(H,25,31). The number of carbonyl (C=O) groups is 1. The van der Waals surface area contributed by atoms with Crippen molar-refractivity contribution in [3.63, 3.8) is 0 Å². The Bertz CT molecular complexity index is 1020. The van der Waals surface area contributed by atoms with Crippen molar-refractivity contribution in [2.75, 3.05) is 19.1 Å². The molecule has 164 valence electrons. The summed E-state index contributed by atoms with van der Waals surface area (Å²) in [6.45, 7) is 0.698. The van der Waals surface area contributed by atoms with E-state index in [0.717, 1.165) is 11.3 Å². The molecule has 0 saturated heterocycles. The van der Waals surface area contributed by atoms with Crippen molar-refractivity contribution in [2.45, 2.75) is 26.5 Å². The molecule has 0 bridgehead atoms. The number of thiocarbonyl (C=S) groups is 1. The lowest BCUT2D eigenvalue weighted by Crippen LogP contribution is -2.48. The molecule has 2 aromatic rings. The number of halogens is 2. The van der Waals surface area contributed by atoms with Crippen molar-refractivity contribution in [3.8, 4) is 11.5 Å². The molecule has 3 rings (SSSR count). The average molecular weight is 448 g/mol. The van der Waals surface area contributed by atoms with Crippen LogP contribution in [0.1, 0.15) is 24.1 Å². The largest absolute Gasteiger partial charge is 0.493 e. The number of aryl methyl sites for hydroxylation is 1. The van der Waals surface area contributed by atoms with Gasteiger partial charge in [-0.15, -0.1) is 0 Å². The predicted octanol–water partition coefficient (Wildman–Crippen LogP) is 4.49. The third-order valence-electron chi connectivity index (χ3n) is 4.92. The highest BCUT2D eigenvalue weighted by Crippen LogP contribution is 2.38. The van der Waals surface area contributed by atoms with Gasteiger partial charge in [0.05, 0.1) is 25.8 Å².